The summed E-state index contributed by atoms with van der Waals surface area (Å²) < 4.78 is 5.56. The van der Waals surface area contributed by atoms with Gasteiger partial charge in [0.1, 0.15) is 5.75 Å². The maximum Gasteiger partial charge on any atom is 0.188 e. The van der Waals surface area contributed by atoms with Crippen LogP contribution in [0, 0.1) is 5.92 Å². The van der Waals surface area contributed by atoms with E-state index in [9.17, 15) is 0 Å². The Balaban J connectivity index is 0.00000220. The van der Waals surface area contributed by atoms with E-state index < -0.39 is 0 Å². The molecule has 0 amide bonds. The molecule has 0 bridgehead atoms. The molecule has 118 valence electrons. The van der Waals surface area contributed by atoms with Crippen LogP contribution in [0.25, 0.3) is 0 Å². The molecule has 21 heavy (non-hydrogen) atoms. The molecule has 1 aliphatic rings. The van der Waals surface area contributed by atoms with Crippen molar-refractivity contribution in [2.45, 2.75) is 32.7 Å². The van der Waals surface area contributed by atoms with Gasteiger partial charge in [-0.2, -0.15) is 0 Å². The minimum absolute atomic E-state index is 0. The minimum atomic E-state index is 0. The van der Waals surface area contributed by atoms with E-state index in [0.29, 0.717) is 24.1 Å². The molecule has 0 atom stereocenters. The van der Waals surface area contributed by atoms with Gasteiger partial charge in [0.2, 0.25) is 0 Å². The van der Waals surface area contributed by atoms with E-state index in [1.54, 1.807) is 0 Å². The van der Waals surface area contributed by atoms with Crippen molar-refractivity contribution in [3.63, 3.8) is 0 Å². The summed E-state index contributed by atoms with van der Waals surface area (Å²) in [5.41, 5.74) is 6.86. The second kappa shape index (κ2) is 9.35. The van der Waals surface area contributed by atoms with Crippen molar-refractivity contribution in [3.05, 3.63) is 28.8 Å². The topological polar surface area (TPSA) is 59.6 Å². The van der Waals surface area contributed by atoms with Gasteiger partial charge in [-0.1, -0.05) is 24.1 Å². The smallest absolute Gasteiger partial charge is 0.188 e. The molecule has 1 aromatic rings. The number of rotatable bonds is 6. The first kappa shape index (κ1) is 18.4. The molecule has 0 heterocycles. The predicted octanol–water partition coefficient (Wildman–Crippen LogP) is 3.56. The highest BCUT2D eigenvalue weighted by Crippen LogP contribution is 2.25. The fraction of sp³-hybridized carbons (Fsp3) is 0.533. The zero-order valence-corrected chi connectivity index (χ0v) is 15.4. The Bertz CT molecular complexity index is 478. The summed E-state index contributed by atoms with van der Waals surface area (Å²) >= 11 is 5.97. The molecule has 0 radical (unpaired) electrons. The lowest BCUT2D eigenvalue weighted by atomic mass is 9.85. The average Bonchev–Trinajstić information content (AvgIpc) is 2.36. The standard InChI is InChI=1S/C15H22ClN3O.HI/c1-2-20-14-8-13(16)7-6-12(14)10-19-15(17)18-9-11-4-3-5-11;/h6-8,11H,2-5,9-10H2,1H3,(H3,17,18,19);1H. The lowest BCUT2D eigenvalue weighted by molar-refractivity contribution is 0.315. The van der Waals surface area contributed by atoms with Crippen LogP contribution in [0.4, 0.5) is 0 Å². The lowest BCUT2D eigenvalue weighted by Crippen LogP contribution is -2.37. The molecule has 1 aliphatic carbocycles. The lowest BCUT2D eigenvalue weighted by Gasteiger charge is -2.25. The van der Waals surface area contributed by atoms with E-state index >= 15 is 0 Å². The fourth-order valence-corrected chi connectivity index (χ4v) is 2.28. The van der Waals surface area contributed by atoms with Crippen LogP contribution in [0.15, 0.2) is 23.2 Å². The van der Waals surface area contributed by atoms with Gasteiger partial charge in [-0.05, 0) is 37.8 Å². The van der Waals surface area contributed by atoms with Gasteiger partial charge >= 0.3 is 0 Å². The van der Waals surface area contributed by atoms with Crippen LogP contribution in [0.3, 0.4) is 0 Å². The van der Waals surface area contributed by atoms with Crippen molar-refractivity contribution in [2.24, 2.45) is 16.6 Å². The summed E-state index contributed by atoms with van der Waals surface area (Å²) in [6.45, 7) is 3.97. The molecule has 2 rings (SSSR count). The third-order valence-electron chi connectivity index (χ3n) is 3.55. The van der Waals surface area contributed by atoms with Crippen molar-refractivity contribution in [1.29, 1.82) is 0 Å². The Morgan fingerprint density at radius 3 is 2.86 bits per heavy atom. The van der Waals surface area contributed by atoms with Crippen molar-refractivity contribution in [1.82, 2.24) is 5.32 Å². The highest BCUT2D eigenvalue weighted by Gasteiger charge is 2.16. The molecule has 1 saturated carbocycles. The molecule has 0 aliphatic heterocycles. The van der Waals surface area contributed by atoms with Crippen LogP contribution in [0.2, 0.25) is 5.02 Å². The summed E-state index contributed by atoms with van der Waals surface area (Å²) in [7, 11) is 0. The van der Waals surface area contributed by atoms with Crippen LogP contribution < -0.4 is 15.8 Å². The van der Waals surface area contributed by atoms with Gasteiger partial charge in [0.05, 0.1) is 13.2 Å². The number of halogens is 2. The molecule has 1 fully saturated rings. The Morgan fingerprint density at radius 1 is 1.48 bits per heavy atom. The first-order chi connectivity index (χ1) is 9.69. The SMILES string of the molecule is CCOc1cc(Cl)ccc1CN=C(N)NCC1CCC1.I. The van der Waals surface area contributed by atoms with Gasteiger partial charge in [-0.25, -0.2) is 4.99 Å². The van der Waals surface area contributed by atoms with E-state index in [1.165, 1.54) is 19.3 Å². The summed E-state index contributed by atoms with van der Waals surface area (Å²) in [5.74, 6) is 2.03. The Hall–Kier alpha value is -0.690. The molecule has 3 N–H and O–H groups in total. The summed E-state index contributed by atoms with van der Waals surface area (Å²) in [5, 5.41) is 3.84. The van der Waals surface area contributed by atoms with Crippen LogP contribution in [0.1, 0.15) is 31.7 Å². The number of nitrogens with two attached hydrogens (primary N) is 1. The van der Waals surface area contributed by atoms with E-state index in [2.05, 4.69) is 10.3 Å². The van der Waals surface area contributed by atoms with Crippen LogP contribution in [-0.4, -0.2) is 19.1 Å². The third kappa shape index (κ3) is 5.90. The first-order valence-electron chi connectivity index (χ1n) is 7.14. The minimum Gasteiger partial charge on any atom is -0.493 e. The number of benzene rings is 1. The van der Waals surface area contributed by atoms with Crippen LogP contribution in [-0.2, 0) is 6.54 Å². The van der Waals surface area contributed by atoms with Crippen LogP contribution in [0.5, 0.6) is 5.75 Å². The van der Waals surface area contributed by atoms with E-state index in [4.69, 9.17) is 22.1 Å². The molecule has 4 nitrogen and oxygen atoms in total. The highest BCUT2D eigenvalue weighted by atomic mass is 127. The Labute approximate surface area is 148 Å². The van der Waals surface area contributed by atoms with Crippen molar-refractivity contribution in [2.75, 3.05) is 13.2 Å². The average molecular weight is 424 g/mol. The molecule has 0 spiro atoms. The Morgan fingerprint density at radius 2 is 2.24 bits per heavy atom. The molecule has 1 aromatic carbocycles. The molecular formula is C15H23ClIN3O. The van der Waals surface area contributed by atoms with Gasteiger partial charge in [0, 0.05) is 17.1 Å². The van der Waals surface area contributed by atoms with Gasteiger partial charge < -0.3 is 15.8 Å². The maximum atomic E-state index is 5.97. The summed E-state index contributed by atoms with van der Waals surface area (Å²) in [6.07, 6.45) is 3.93. The predicted molar refractivity (Wildman–Crippen MR) is 98.7 cm³/mol. The van der Waals surface area contributed by atoms with E-state index in [1.807, 2.05) is 25.1 Å². The van der Waals surface area contributed by atoms with Crippen molar-refractivity contribution >= 4 is 41.5 Å². The molecule has 6 heteroatoms. The largest absolute Gasteiger partial charge is 0.493 e. The maximum absolute atomic E-state index is 5.97. The van der Waals surface area contributed by atoms with Gasteiger partial charge in [0.15, 0.2) is 5.96 Å². The number of hydrogen-bond donors (Lipinski definition) is 2. The highest BCUT2D eigenvalue weighted by molar-refractivity contribution is 14.0. The Kier molecular flexibility index (Phi) is 8.18. The second-order valence-corrected chi connectivity index (χ2v) is 5.50. The van der Waals surface area contributed by atoms with Gasteiger partial charge in [-0.15, -0.1) is 24.0 Å². The quantitative estimate of drug-likeness (QED) is 0.418. The summed E-state index contributed by atoms with van der Waals surface area (Å²) in [6, 6.07) is 5.58. The summed E-state index contributed by atoms with van der Waals surface area (Å²) in [4.78, 5) is 4.36. The number of guanidine groups is 1. The van der Waals surface area contributed by atoms with Gasteiger partial charge in [0.25, 0.3) is 0 Å². The monoisotopic (exact) mass is 423 g/mol. The zero-order valence-electron chi connectivity index (χ0n) is 12.3. The first-order valence-corrected chi connectivity index (χ1v) is 7.52. The number of aliphatic imine (C=N–C) groups is 1. The normalized spacial score (nSPS) is 15.0. The second-order valence-electron chi connectivity index (χ2n) is 5.06. The molecule has 0 aromatic heterocycles. The van der Waals surface area contributed by atoms with E-state index in [-0.39, 0.29) is 24.0 Å². The fourth-order valence-electron chi connectivity index (χ4n) is 2.12. The third-order valence-corrected chi connectivity index (χ3v) is 3.78. The molecular weight excluding hydrogens is 401 g/mol. The zero-order chi connectivity index (χ0) is 14.4. The van der Waals surface area contributed by atoms with E-state index in [0.717, 1.165) is 23.8 Å². The number of hydrogen-bond acceptors (Lipinski definition) is 2. The molecule has 0 unspecified atom stereocenters. The van der Waals surface area contributed by atoms with Crippen molar-refractivity contribution < 1.29 is 4.74 Å². The number of ether oxygens (including phenoxy) is 1. The number of nitrogens with zero attached hydrogens (tertiary/aromatic N) is 1. The van der Waals surface area contributed by atoms with Crippen LogP contribution >= 0.6 is 35.6 Å². The number of nitrogens with one attached hydrogen (secondary N) is 1. The van der Waals surface area contributed by atoms with Gasteiger partial charge in [-0.3, -0.25) is 0 Å². The van der Waals surface area contributed by atoms with Crippen molar-refractivity contribution in [3.8, 4) is 5.75 Å². The molecule has 0 saturated heterocycles.